The molecule has 7 heteroatoms. The van der Waals surface area contributed by atoms with Crippen LogP contribution in [0.2, 0.25) is 0 Å². The number of pyridine rings is 1. The molecule has 2 heterocycles. The summed E-state index contributed by atoms with van der Waals surface area (Å²) in [5.74, 6) is -0.338. The zero-order valence-electron chi connectivity index (χ0n) is 18.2. The Bertz CT molecular complexity index is 1090. The maximum Gasteiger partial charge on any atom is 0.255 e. The summed E-state index contributed by atoms with van der Waals surface area (Å²) in [6.45, 7) is 1.53. The zero-order valence-corrected chi connectivity index (χ0v) is 18.2. The molecule has 168 valence electrons. The molecule has 1 fully saturated rings. The highest BCUT2D eigenvalue weighted by atomic mass is 16.2. The Morgan fingerprint density at radius 3 is 2.27 bits per heavy atom. The average molecular weight is 443 g/mol. The number of amides is 3. The van der Waals surface area contributed by atoms with E-state index in [0.717, 1.165) is 5.56 Å². The molecule has 0 unspecified atom stereocenters. The molecule has 0 aliphatic carbocycles. The molecule has 1 aromatic heterocycles. The first-order valence-corrected chi connectivity index (χ1v) is 11.0. The number of hydrogen-bond acceptors (Lipinski definition) is 4. The highest BCUT2D eigenvalue weighted by Crippen LogP contribution is 2.20. The molecule has 7 nitrogen and oxygen atoms in total. The van der Waals surface area contributed by atoms with Gasteiger partial charge in [-0.05, 0) is 60.9 Å². The van der Waals surface area contributed by atoms with Crippen LogP contribution in [0, 0.1) is 5.92 Å². The van der Waals surface area contributed by atoms with Crippen molar-refractivity contribution in [2.45, 2.75) is 19.4 Å². The van der Waals surface area contributed by atoms with E-state index in [1.54, 1.807) is 53.7 Å². The maximum absolute atomic E-state index is 12.9. The Hall–Kier alpha value is -4.00. The molecular formula is C26H26N4O3. The molecule has 33 heavy (non-hydrogen) atoms. The average Bonchev–Trinajstić information content (AvgIpc) is 2.88. The van der Waals surface area contributed by atoms with Crippen LogP contribution in [0.25, 0.3) is 0 Å². The number of anilines is 1. The summed E-state index contributed by atoms with van der Waals surface area (Å²) in [4.78, 5) is 43.5. The number of carbonyl (C=O) groups is 3. The lowest BCUT2D eigenvalue weighted by molar-refractivity contribution is -0.126. The fourth-order valence-corrected chi connectivity index (χ4v) is 3.85. The van der Waals surface area contributed by atoms with Crippen LogP contribution in [0.3, 0.4) is 0 Å². The van der Waals surface area contributed by atoms with Crippen LogP contribution < -0.4 is 10.6 Å². The predicted molar refractivity (Wildman–Crippen MR) is 126 cm³/mol. The Balaban J connectivity index is 1.26. The normalized spacial score (nSPS) is 13.9. The van der Waals surface area contributed by atoms with Crippen molar-refractivity contribution < 1.29 is 14.4 Å². The lowest BCUT2D eigenvalue weighted by Crippen LogP contribution is -2.42. The van der Waals surface area contributed by atoms with Crippen molar-refractivity contribution in [3.63, 3.8) is 0 Å². The number of rotatable bonds is 6. The van der Waals surface area contributed by atoms with Gasteiger partial charge in [0.2, 0.25) is 5.91 Å². The van der Waals surface area contributed by atoms with Gasteiger partial charge in [-0.3, -0.25) is 19.4 Å². The van der Waals surface area contributed by atoms with Gasteiger partial charge in [-0.2, -0.15) is 0 Å². The van der Waals surface area contributed by atoms with Gasteiger partial charge < -0.3 is 15.5 Å². The number of piperidine rings is 1. The highest BCUT2D eigenvalue weighted by Gasteiger charge is 2.27. The van der Waals surface area contributed by atoms with E-state index in [0.29, 0.717) is 49.3 Å². The van der Waals surface area contributed by atoms with Crippen LogP contribution >= 0.6 is 0 Å². The van der Waals surface area contributed by atoms with E-state index in [1.807, 2.05) is 30.3 Å². The summed E-state index contributed by atoms with van der Waals surface area (Å²) in [6.07, 6.45) is 4.71. The highest BCUT2D eigenvalue weighted by molar-refractivity contribution is 6.04. The summed E-state index contributed by atoms with van der Waals surface area (Å²) in [5, 5.41) is 5.79. The third-order valence-corrected chi connectivity index (χ3v) is 5.77. The second kappa shape index (κ2) is 10.5. The van der Waals surface area contributed by atoms with Crippen molar-refractivity contribution in [3.8, 4) is 0 Å². The Morgan fingerprint density at radius 1 is 0.879 bits per heavy atom. The minimum atomic E-state index is -0.196. The van der Waals surface area contributed by atoms with Crippen molar-refractivity contribution in [3.05, 3.63) is 95.8 Å². The van der Waals surface area contributed by atoms with Crippen LogP contribution in [-0.4, -0.2) is 40.7 Å². The quantitative estimate of drug-likeness (QED) is 0.611. The van der Waals surface area contributed by atoms with Crippen molar-refractivity contribution in [2.24, 2.45) is 5.92 Å². The van der Waals surface area contributed by atoms with Gasteiger partial charge in [0.25, 0.3) is 11.8 Å². The summed E-state index contributed by atoms with van der Waals surface area (Å²) >= 11 is 0. The minimum Gasteiger partial charge on any atom is -0.352 e. The largest absolute Gasteiger partial charge is 0.352 e. The first-order valence-electron chi connectivity index (χ1n) is 11.0. The molecule has 1 aliphatic rings. The summed E-state index contributed by atoms with van der Waals surface area (Å²) in [6, 6.07) is 19.6. The number of hydrogen-bond donors (Lipinski definition) is 2. The standard InChI is InChI=1S/C26H26N4O3/c31-24(28-18-19-5-4-14-27-17-19)21-12-15-30(16-13-21)26(33)22-8-10-23(11-9-22)29-25(32)20-6-2-1-3-7-20/h1-11,14,17,21H,12-13,15-16,18H2,(H,28,31)(H,29,32). The van der Waals surface area contributed by atoms with Crippen LogP contribution in [0.5, 0.6) is 0 Å². The predicted octanol–water partition coefficient (Wildman–Crippen LogP) is 3.50. The molecule has 1 aliphatic heterocycles. The summed E-state index contributed by atoms with van der Waals surface area (Å²) < 4.78 is 0. The van der Waals surface area contributed by atoms with Gasteiger partial charge >= 0.3 is 0 Å². The molecular weight excluding hydrogens is 416 g/mol. The van der Waals surface area contributed by atoms with E-state index in [9.17, 15) is 14.4 Å². The second-order valence-corrected chi connectivity index (χ2v) is 8.04. The molecule has 3 amide bonds. The van der Waals surface area contributed by atoms with Gasteiger partial charge in [-0.15, -0.1) is 0 Å². The Morgan fingerprint density at radius 2 is 1.61 bits per heavy atom. The SMILES string of the molecule is O=C(Nc1ccc(C(=O)N2CCC(C(=O)NCc3cccnc3)CC2)cc1)c1ccccc1. The van der Waals surface area contributed by atoms with Gasteiger partial charge in [0.05, 0.1) is 0 Å². The van der Waals surface area contributed by atoms with E-state index >= 15 is 0 Å². The van der Waals surface area contributed by atoms with Gasteiger partial charge in [0.1, 0.15) is 0 Å². The van der Waals surface area contributed by atoms with E-state index in [1.165, 1.54) is 0 Å². The van der Waals surface area contributed by atoms with E-state index in [-0.39, 0.29) is 23.6 Å². The van der Waals surface area contributed by atoms with Crippen LogP contribution in [0.4, 0.5) is 5.69 Å². The summed E-state index contributed by atoms with van der Waals surface area (Å²) in [5.41, 5.74) is 2.73. The first-order chi connectivity index (χ1) is 16.1. The van der Waals surface area contributed by atoms with E-state index in [2.05, 4.69) is 15.6 Å². The number of aromatic nitrogens is 1. The monoisotopic (exact) mass is 442 g/mol. The molecule has 0 saturated carbocycles. The second-order valence-electron chi connectivity index (χ2n) is 8.04. The Kier molecular flexibility index (Phi) is 7.09. The van der Waals surface area contributed by atoms with Crippen LogP contribution in [-0.2, 0) is 11.3 Å². The molecule has 0 spiro atoms. The lowest BCUT2D eigenvalue weighted by Gasteiger charge is -2.31. The summed E-state index contributed by atoms with van der Waals surface area (Å²) in [7, 11) is 0. The fraction of sp³-hybridized carbons (Fsp3) is 0.231. The molecule has 2 aromatic carbocycles. The smallest absolute Gasteiger partial charge is 0.255 e. The van der Waals surface area contributed by atoms with Gasteiger partial charge in [-0.1, -0.05) is 24.3 Å². The molecule has 1 saturated heterocycles. The molecule has 4 rings (SSSR count). The number of carbonyl (C=O) groups excluding carboxylic acids is 3. The van der Waals surface area contributed by atoms with Gasteiger partial charge in [-0.25, -0.2) is 0 Å². The molecule has 0 atom stereocenters. The number of nitrogens with one attached hydrogen (secondary N) is 2. The number of nitrogens with zero attached hydrogens (tertiary/aromatic N) is 2. The molecule has 3 aromatic rings. The molecule has 0 radical (unpaired) electrons. The number of likely N-dealkylation sites (tertiary alicyclic amines) is 1. The van der Waals surface area contributed by atoms with Crippen molar-refractivity contribution >= 4 is 23.4 Å². The van der Waals surface area contributed by atoms with Gasteiger partial charge in [0, 0.05) is 54.8 Å². The number of benzene rings is 2. The first kappa shape index (κ1) is 22.2. The third-order valence-electron chi connectivity index (χ3n) is 5.77. The van der Waals surface area contributed by atoms with Crippen LogP contribution in [0.1, 0.15) is 39.1 Å². The van der Waals surface area contributed by atoms with Gasteiger partial charge in [0.15, 0.2) is 0 Å². The zero-order chi connectivity index (χ0) is 23.0. The van der Waals surface area contributed by atoms with E-state index < -0.39 is 0 Å². The van der Waals surface area contributed by atoms with Crippen LogP contribution in [0.15, 0.2) is 79.1 Å². The lowest BCUT2D eigenvalue weighted by atomic mass is 9.95. The Labute approximate surface area is 192 Å². The van der Waals surface area contributed by atoms with Crippen molar-refractivity contribution in [1.82, 2.24) is 15.2 Å². The maximum atomic E-state index is 12.9. The molecule has 0 bridgehead atoms. The molecule has 2 N–H and O–H groups in total. The topological polar surface area (TPSA) is 91.4 Å². The van der Waals surface area contributed by atoms with E-state index in [4.69, 9.17) is 0 Å². The van der Waals surface area contributed by atoms with Crippen molar-refractivity contribution in [1.29, 1.82) is 0 Å². The fourth-order valence-electron chi connectivity index (χ4n) is 3.85. The van der Waals surface area contributed by atoms with Crippen molar-refractivity contribution in [2.75, 3.05) is 18.4 Å². The third kappa shape index (κ3) is 5.83. The minimum absolute atomic E-state index is 0.0180.